The van der Waals surface area contributed by atoms with Gasteiger partial charge in [0.15, 0.2) is 5.78 Å². The Hall–Kier alpha value is -2.09. The minimum atomic E-state index is 0.0697. The first kappa shape index (κ1) is 9.16. The van der Waals surface area contributed by atoms with Gasteiger partial charge in [0.2, 0.25) is 0 Å². The van der Waals surface area contributed by atoms with Gasteiger partial charge in [-0.25, -0.2) is 0 Å². The third kappa shape index (κ3) is 1.23. The number of H-pyrrole nitrogens is 1. The summed E-state index contributed by atoms with van der Waals surface area (Å²) in [5, 5.41) is 3.43. The number of aromatic amines is 1. The summed E-state index contributed by atoms with van der Waals surface area (Å²) in [6.45, 7) is 1.58. The Morgan fingerprint density at radius 2 is 1.81 bits per heavy atom. The highest BCUT2D eigenvalue weighted by Gasteiger charge is 2.06. The first-order chi connectivity index (χ1) is 7.75. The van der Waals surface area contributed by atoms with Crippen LogP contribution in [-0.2, 0) is 0 Å². The van der Waals surface area contributed by atoms with Gasteiger partial charge in [-0.15, -0.1) is 0 Å². The lowest BCUT2D eigenvalue weighted by atomic mass is 10.1. The first-order valence-corrected chi connectivity index (χ1v) is 5.27. The van der Waals surface area contributed by atoms with Crippen LogP contribution in [0.2, 0.25) is 0 Å². The van der Waals surface area contributed by atoms with E-state index in [1.165, 1.54) is 5.39 Å². The van der Waals surface area contributed by atoms with Gasteiger partial charge < -0.3 is 4.98 Å². The van der Waals surface area contributed by atoms with E-state index in [1.54, 1.807) is 6.92 Å². The van der Waals surface area contributed by atoms with E-state index in [4.69, 9.17) is 0 Å². The molecule has 0 aliphatic rings. The highest BCUT2D eigenvalue weighted by Crippen LogP contribution is 2.25. The zero-order valence-corrected chi connectivity index (χ0v) is 8.95. The summed E-state index contributed by atoms with van der Waals surface area (Å²) in [6.07, 6.45) is 0. The summed E-state index contributed by atoms with van der Waals surface area (Å²) >= 11 is 0. The molecule has 3 aromatic rings. The molecule has 1 aromatic heterocycles. The summed E-state index contributed by atoms with van der Waals surface area (Å²) in [5.41, 5.74) is 1.72. The number of aromatic nitrogens is 1. The zero-order valence-electron chi connectivity index (χ0n) is 8.95. The number of hydrogen-bond donors (Lipinski definition) is 1. The molecule has 16 heavy (non-hydrogen) atoms. The average molecular weight is 209 g/mol. The van der Waals surface area contributed by atoms with Gasteiger partial charge in [0, 0.05) is 17.7 Å². The maximum Gasteiger partial charge on any atom is 0.175 e. The van der Waals surface area contributed by atoms with Crippen molar-refractivity contribution in [3.63, 3.8) is 0 Å². The van der Waals surface area contributed by atoms with Crippen LogP contribution in [-0.4, -0.2) is 10.8 Å². The van der Waals surface area contributed by atoms with E-state index in [9.17, 15) is 4.79 Å². The van der Waals surface area contributed by atoms with Crippen molar-refractivity contribution < 1.29 is 4.79 Å². The molecule has 0 aliphatic carbocycles. The molecule has 3 rings (SSSR count). The molecule has 2 heteroatoms. The van der Waals surface area contributed by atoms with E-state index in [2.05, 4.69) is 23.2 Å². The standard InChI is InChI=1S/C14H11NO/c1-9(16)13-8-11-7-6-10-4-2-3-5-12(10)14(11)15-13/h2-8,15H,1H3. The third-order valence-electron chi connectivity index (χ3n) is 2.90. The molecule has 0 spiro atoms. The minimum Gasteiger partial charge on any atom is -0.352 e. The van der Waals surface area contributed by atoms with Crippen molar-refractivity contribution in [1.82, 2.24) is 4.98 Å². The first-order valence-electron chi connectivity index (χ1n) is 5.27. The lowest BCUT2D eigenvalue weighted by molar-refractivity contribution is 0.101. The molecule has 0 saturated heterocycles. The fourth-order valence-corrected chi connectivity index (χ4v) is 2.06. The van der Waals surface area contributed by atoms with Crippen molar-refractivity contribution in [3.05, 3.63) is 48.2 Å². The van der Waals surface area contributed by atoms with Crippen LogP contribution >= 0.6 is 0 Å². The Bertz CT molecular complexity index is 694. The molecule has 0 unspecified atom stereocenters. The van der Waals surface area contributed by atoms with Crippen LogP contribution in [0.25, 0.3) is 21.7 Å². The van der Waals surface area contributed by atoms with Crippen molar-refractivity contribution in [2.75, 3.05) is 0 Å². The summed E-state index contributed by atoms with van der Waals surface area (Å²) < 4.78 is 0. The van der Waals surface area contributed by atoms with E-state index >= 15 is 0 Å². The van der Waals surface area contributed by atoms with Crippen LogP contribution in [0.1, 0.15) is 17.4 Å². The smallest absolute Gasteiger partial charge is 0.175 e. The number of rotatable bonds is 1. The summed E-state index contributed by atoms with van der Waals surface area (Å²) in [7, 11) is 0. The number of hydrogen-bond acceptors (Lipinski definition) is 1. The number of Topliss-reactive ketones (excluding diaryl/α,β-unsaturated/α-hetero) is 1. The van der Waals surface area contributed by atoms with Gasteiger partial charge in [0.05, 0.1) is 11.2 Å². The number of benzene rings is 2. The molecule has 0 atom stereocenters. The van der Waals surface area contributed by atoms with Crippen LogP contribution < -0.4 is 0 Å². The van der Waals surface area contributed by atoms with Crippen molar-refractivity contribution in [3.8, 4) is 0 Å². The lowest BCUT2D eigenvalue weighted by Gasteiger charge is -1.98. The normalized spacial score (nSPS) is 11.1. The van der Waals surface area contributed by atoms with Crippen molar-refractivity contribution >= 4 is 27.5 Å². The molecular weight excluding hydrogens is 198 g/mol. The van der Waals surface area contributed by atoms with Crippen LogP contribution in [0.15, 0.2) is 42.5 Å². The van der Waals surface area contributed by atoms with Crippen molar-refractivity contribution in [2.45, 2.75) is 6.92 Å². The molecule has 0 amide bonds. The molecule has 0 fully saturated rings. The van der Waals surface area contributed by atoms with Crippen LogP contribution in [0, 0.1) is 0 Å². The van der Waals surface area contributed by atoms with Gasteiger partial charge in [-0.05, 0) is 11.5 Å². The SMILES string of the molecule is CC(=O)c1cc2ccc3ccccc3c2[nH]1. The largest absolute Gasteiger partial charge is 0.352 e. The molecule has 1 N–H and O–H groups in total. The number of ketones is 1. The van der Waals surface area contributed by atoms with Gasteiger partial charge in [0.1, 0.15) is 0 Å². The Labute approximate surface area is 92.9 Å². The summed E-state index contributed by atoms with van der Waals surface area (Å²) in [6, 6.07) is 14.2. The average Bonchev–Trinajstić information content (AvgIpc) is 2.73. The molecular formula is C14H11NO. The fraction of sp³-hybridized carbons (Fsp3) is 0.0714. The van der Waals surface area contributed by atoms with Gasteiger partial charge in [-0.2, -0.15) is 0 Å². The lowest BCUT2D eigenvalue weighted by Crippen LogP contribution is -1.90. The predicted molar refractivity (Wildman–Crippen MR) is 65.8 cm³/mol. The summed E-state index contributed by atoms with van der Waals surface area (Å²) in [4.78, 5) is 14.5. The van der Waals surface area contributed by atoms with Crippen LogP contribution in [0.4, 0.5) is 0 Å². The number of fused-ring (bicyclic) bond motifs is 3. The van der Waals surface area contributed by atoms with Crippen LogP contribution in [0.3, 0.4) is 0 Å². The zero-order chi connectivity index (χ0) is 11.1. The van der Waals surface area contributed by atoms with E-state index in [0.717, 1.165) is 16.3 Å². The quantitative estimate of drug-likeness (QED) is 0.611. The van der Waals surface area contributed by atoms with E-state index in [0.29, 0.717) is 5.69 Å². The van der Waals surface area contributed by atoms with Crippen molar-refractivity contribution in [2.24, 2.45) is 0 Å². The third-order valence-corrected chi connectivity index (χ3v) is 2.90. The van der Waals surface area contributed by atoms with Crippen LogP contribution in [0.5, 0.6) is 0 Å². The molecule has 1 heterocycles. The van der Waals surface area contributed by atoms with Gasteiger partial charge in [-0.3, -0.25) is 4.79 Å². The maximum absolute atomic E-state index is 11.3. The van der Waals surface area contributed by atoms with E-state index in [-0.39, 0.29) is 5.78 Å². The van der Waals surface area contributed by atoms with E-state index < -0.39 is 0 Å². The fourth-order valence-electron chi connectivity index (χ4n) is 2.06. The Morgan fingerprint density at radius 1 is 1.06 bits per heavy atom. The van der Waals surface area contributed by atoms with Gasteiger partial charge in [-0.1, -0.05) is 36.4 Å². The highest BCUT2D eigenvalue weighted by molar-refractivity contribution is 6.08. The predicted octanol–water partition coefficient (Wildman–Crippen LogP) is 3.52. The molecule has 2 nitrogen and oxygen atoms in total. The monoisotopic (exact) mass is 209 g/mol. The molecule has 0 aliphatic heterocycles. The number of nitrogens with one attached hydrogen (secondary N) is 1. The van der Waals surface area contributed by atoms with Gasteiger partial charge >= 0.3 is 0 Å². The number of carbonyl (C=O) groups excluding carboxylic acids is 1. The molecule has 2 aromatic carbocycles. The second-order valence-electron chi connectivity index (χ2n) is 3.99. The molecule has 78 valence electrons. The maximum atomic E-state index is 11.3. The highest BCUT2D eigenvalue weighted by atomic mass is 16.1. The minimum absolute atomic E-state index is 0.0697. The Morgan fingerprint density at radius 3 is 2.62 bits per heavy atom. The summed E-state index contributed by atoms with van der Waals surface area (Å²) in [5.74, 6) is 0.0697. The Kier molecular flexibility index (Phi) is 1.83. The molecule has 0 radical (unpaired) electrons. The van der Waals surface area contributed by atoms with Gasteiger partial charge in [0.25, 0.3) is 0 Å². The molecule has 0 bridgehead atoms. The van der Waals surface area contributed by atoms with Crippen molar-refractivity contribution in [1.29, 1.82) is 0 Å². The van der Waals surface area contributed by atoms with E-state index in [1.807, 2.05) is 24.3 Å². The Balaban J connectivity index is 2.46. The second kappa shape index (κ2) is 3.20. The second-order valence-corrected chi connectivity index (χ2v) is 3.99. The number of carbonyl (C=O) groups is 1. The topological polar surface area (TPSA) is 32.9 Å². The molecule has 0 saturated carbocycles.